The first-order valence-corrected chi connectivity index (χ1v) is 15.5. The van der Waals surface area contributed by atoms with Crippen molar-refractivity contribution in [2.75, 3.05) is 33.2 Å². The molecule has 2 aliphatic rings. The van der Waals surface area contributed by atoms with E-state index in [1.54, 1.807) is 37.3 Å². The summed E-state index contributed by atoms with van der Waals surface area (Å²) in [5.74, 6) is -2.00. The molecule has 0 aliphatic carbocycles. The second-order valence-corrected chi connectivity index (χ2v) is 12.3. The maximum atomic E-state index is 15.0. The van der Waals surface area contributed by atoms with Gasteiger partial charge >= 0.3 is 6.18 Å². The van der Waals surface area contributed by atoms with Crippen LogP contribution in [0, 0.1) is 5.82 Å². The van der Waals surface area contributed by atoms with Crippen LogP contribution in [0.2, 0.25) is 0 Å². The molecule has 0 radical (unpaired) electrons. The average molecular weight is 634 g/mol. The van der Waals surface area contributed by atoms with Crippen molar-refractivity contribution in [2.24, 2.45) is 0 Å². The Labute approximate surface area is 264 Å². The number of Topliss-reactive ketones (excluding diaryl/α,β-unsaturated/α-hetero) is 1. The molecule has 2 aliphatic heterocycles. The van der Waals surface area contributed by atoms with Crippen molar-refractivity contribution in [3.63, 3.8) is 0 Å². The number of hydrogen-bond acceptors (Lipinski definition) is 5. The molecule has 0 saturated carbocycles. The van der Waals surface area contributed by atoms with Crippen molar-refractivity contribution in [2.45, 2.75) is 51.2 Å². The molecule has 1 amide bonds. The van der Waals surface area contributed by atoms with E-state index in [0.29, 0.717) is 35.9 Å². The van der Waals surface area contributed by atoms with Gasteiger partial charge in [-0.1, -0.05) is 36.3 Å². The van der Waals surface area contributed by atoms with Crippen LogP contribution in [0.5, 0.6) is 0 Å². The number of carbonyl (C=O) groups excluding carboxylic acids is 2. The van der Waals surface area contributed by atoms with E-state index in [0.717, 1.165) is 54.9 Å². The van der Waals surface area contributed by atoms with Crippen LogP contribution in [0.15, 0.2) is 72.1 Å². The number of hydrogen-bond donors (Lipinski definition) is 0. The van der Waals surface area contributed by atoms with Gasteiger partial charge < -0.3 is 9.80 Å². The second-order valence-electron chi connectivity index (χ2n) is 12.3. The van der Waals surface area contributed by atoms with Crippen LogP contribution < -0.4 is 0 Å². The number of nitrogens with zero attached hydrogens (tertiary/aromatic N) is 5. The van der Waals surface area contributed by atoms with Crippen LogP contribution in [-0.4, -0.2) is 69.5 Å². The number of amides is 1. The van der Waals surface area contributed by atoms with E-state index in [9.17, 15) is 27.2 Å². The van der Waals surface area contributed by atoms with E-state index in [2.05, 4.69) is 15.0 Å². The van der Waals surface area contributed by atoms with E-state index in [1.165, 1.54) is 17.2 Å². The number of allylic oxidation sites excluding steroid dienone is 2. The highest BCUT2D eigenvalue weighted by Gasteiger charge is 2.37. The SMILES string of the molecule is CC1=C(C(=O)Cc2ccc3cnccc3c2)C(c2ccc(C(F)(F)F)c(F)c2)n2nc(C(=O)N(C)CCN3CCCCC3)cc2C1. The van der Waals surface area contributed by atoms with Crippen LogP contribution in [0.1, 0.15) is 65.1 Å². The van der Waals surface area contributed by atoms with Crippen molar-refractivity contribution < 1.29 is 27.2 Å². The number of ketones is 1. The Kier molecular flexibility index (Phi) is 8.78. The molecular formula is C35H35F4N5O2. The Morgan fingerprint density at radius 3 is 2.52 bits per heavy atom. The number of carbonyl (C=O) groups is 2. The van der Waals surface area contributed by atoms with Gasteiger partial charge in [-0.3, -0.25) is 19.3 Å². The number of fused-ring (bicyclic) bond motifs is 2. The molecule has 11 heteroatoms. The van der Waals surface area contributed by atoms with Crippen LogP contribution in [-0.2, 0) is 23.8 Å². The minimum absolute atomic E-state index is 0.0200. The smallest absolute Gasteiger partial charge is 0.339 e. The van der Waals surface area contributed by atoms with Gasteiger partial charge in [-0.15, -0.1) is 0 Å². The molecule has 1 fully saturated rings. The average Bonchev–Trinajstić information content (AvgIpc) is 3.45. The van der Waals surface area contributed by atoms with Crippen LogP contribution in [0.3, 0.4) is 0 Å². The zero-order valence-electron chi connectivity index (χ0n) is 25.8. The van der Waals surface area contributed by atoms with Crippen molar-refractivity contribution in [3.05, 3.63) is 106 Å². The molecule has 4 heterocycles. The minimum atomic E-state index is -4.87. The highest BCUT2D eigenvalue weighted by molar-refractivity contribution is 6.00. The quantitative estimate of drug-likeness (QED) is 0.210. The minimum Gasteiger partial charge on any atom is -0.339 e. The lowest BCUT2D eigenvalue weighted by Gasteiger charge is -2.29. The van der Waals surface area contributed by atoms with E-state index in [1.807, 2.05) is 24.3 Å². The highest BCUT2D eigenvalue weighted by Crippen LogP contribution is 2.39. The van der Waals surface area contributed by atoms with Gasteiger partial charge in [0, 0.05) is 62.0 Å². The Hall–Kier alpha value is -4.38. The number of aromatic nitrogens is 3. The number of pyridine rings is 1. The van der Waals surface area contributed by atoms with Crippen LogP contribution in [0.25, 0.3) is 10.8 Å². The number of benzene rings is 2. The van der Waals surface area contributed by atoms with E-state index in [4.69, 9.17) is 0 Å². The molecule has 0 N–H and O–H groups in total. The number of likely N-dealkylation sites (N-methyl/N-ethyl adjacent to an activating group) is 1. The maximum absolute atomic E-state index is 15.0. The van der Waals surface area contributed by atoms with Crippen molar-refractivity contribution >= 4 is 22.5 Å². The summed E-state index contributed by atoms with van der Waals surface area (Å²) in [7, 11) is 1.71. The number of piperidine rings is 1. The maximum Gasteiger partial charge on any atom is 0.419 e. The summed E-state index contributed by atoms with van der Waals surface area (Å²) in [5, 5.41) is 6.45. The molecule has 240 valence electrons. The Morgan fingerprint density at radius 1 is 1.00 bits per heavy atom. The fraction of sp³-hybridized carbons (Fsp3) is 0.371. The van der Waals surface area contributed by atoms with Crippen LogP contribution in [0.4, 0.5) is 17.6 Å². The molecular weight excluding hydrogens is 598 g/mol. The number of likely N-dealkylation sites (tertiary alicyclic amines) is 1. The first-order valence-electron chi connectivity index (χ1n) is 15.5. The zero-order valence-corrected chi connectivity index (χ0v) is 25.8. The van der Waals surface area contributed by atoms with E-state index in [-0.39, 0.29) is 29.4 Å². The largest absolute Gasteiger partial charge is 0.419 e. The topological polar surface area (TPSA) is 71.3 Å². The second kappa shape index (κ2) is 12.8. The molecule has 1 saturated heterocycles. The monoisotopic (exact) mass is 633 g/mol. The molecule has 0 spiro atoms. The number of rotatable bonds is 8. The first kappa shape index (κ1) is 31.6. The summed E-state index contributed by atoms with van der Waals surface area (Å²) in [4.78, 5) is 35.6. The predicted octanol–water partition coefficient (Wildman–Crippen LogP) is 6.42. The lowest BCUT2D eigenvalue weighted by atomic mass is 9.85. The summed E-state index contributed by atoms with van der Waals surface area (Å²) < 4.78 is 56.8. The standard InChI is InChI=1S/C35H35F4N5O2/c1-22-16-27-20-30(34(46)42(2)14-15-43-12-4-3-5-13-43)41-44(27)33(25-8-9-28(29(36)19-25)35(37,38)39)32(22)31(45)18-23-6-7-26-21-40-11-10-24(26)17-23/h6-11,17,19-21,33H,3-5,12-16,18H2,1-2H3. The van der Waals surface area contributed by atoms with E-state index >= 15 is 0 Å². The summed E-state index contributed by atoms with van der Waals surface area (Å²) in [5.41, 5.74) is 1.28. The third-order valence-electron chi connectivity index (χ3n) is 8.99. The third kappa shape index (κ3) is 6.46. The number of halogens is 4. The molecule has 4 aromatic rings. The van der Waals surface area contributed by atoms with Gasteiger partial charge in [-0.25, -0.2) is 4.39 Å². The first-order chi connectivity index (χ1) is 22.0. The Bertz CT molecular complexity index is 1820. The third-order valence-corrected chi connectivity index (χ3v) is 8.99. The van der Waals surface area contributed by atoms with Gasteiger partial charge in [-0.05, 0) is 73.6 Å². The molecule has 7 nitrogen and oxygen atoms in total. The molecule has 0 bridgehead atoms. The van der Waals surface area contributed by atoms with Gasteiger partial charge in [0.2, 0.25) is 0 Å². The van der Waals surface area contributed by atoms with Crippen molar-refractivity contribution in [3.8, 4) is 0 Å². The van der Waals surface area contributed by atoms with Gasteiger partial charge in [-0.2, -0.15) is 18.3 Å². The molecule has 1 unspecified atom stereocenters. The highest BCUT2D eigenvalue weighted by atomic mass is 19.4. The normalized spacial score (nSPS) is 17.3. The molecule has 2 aromatic heterocycles. The van der Waals surface area contributed by atoms with Gasteiger partial charge in [0.25, 0.3) is 5.91 Å². The van der Waals surface area contributed by atoms with Crippen LogP contribution >= 0.6 is 0 Å². The summed E-state index contributed by atoms with van der Waals surface area (Å²) >= 11 is 0. The fourth-order valence-electron chi connectivity index (χ4n) is 6.54. The summed E-state index contributed by atoms with van der Waals surface area (Å²) in [6.07, 6.45) is 2.35. The number of alkyl halides is 3. The summed E-state index contributed by atoms with van der Waals surface area (Å²) in [6.45, 7) is 5.05. The van der Waals surface area contributed by atoms with Crippen molar-refractivity contribution in [1.82, 2.24) is 24.6 Å². The lowest BCUT2D eigenvalue weighted by molar-refractivity contribution is -0.140. The molecule has 2 aromatic carbocycles. The Morgan fingerprint density at radius 2 is 1.78 bits per heavy atom. The van der Waals surface area contributed by atoms with Gasteiger partial charge in [0.1, 0.15) is 11.9 Å². The van der Waals surface area contributed by atoms with Gasteiger partial charge in [0.05, 0.1) is 5.56 Å². The molecule has 1 atom stereocenters. The lowest BCUT2D eigenvalue weighted by Crippen LogP contribution is -2.38. The fourth-order valence-corrected chi connectivity index (χ4v) is 6.54. The van der Waals surface area contributed by atoms with Crippen molar-refractivity contribution in [1.29, 1.82) is 0 Å². The van der Waals surface area contributed by atoms with E-state index < -0.39 is 23.6 Å². The zero-order chi connectivity index (χ0) is 32.6. The molecule has 6 rings (SSSR count). The summed E-state index contributed by atoms with van der Waals surface area (Å²) in [6, 6.07) is 10.8. The predicted molar refractivity (Wildman–Crippen MR) is 166 cm³/mol. The Balaban J connectivity index is 1.33. The molecule has 46 heavy (non-hydrogen) atoms. The van der Waals surface area contributed by atoms with Gasteiger partial charge in [0.15, 0.2) is 11.5 Å².